The van der Waals surface area contributed by atoms with Crippen LogP contribution in [0.25, 0.3) is 5.65 Å². The van der Waals surface area contributed by atoms with Gasteiger partial charge in [0.1, 0.15) is 22.7 Å². The Kier molecular flexibility index (Phi) is 5.12. The van der Waals surface area contributed by atoms with E-state index in [1.54, 1.807) is 38.6 Å². The quantitative estimate of drug-likeness (QED) is 0.749. The molecule has 1 aromatic carbocycles. The van der Waals surface area contributed by atoms with Gasteiger partial charge in [0, 0.05) is 24.0 Å². The molecule has 7 heteroatoms. The lowest BCUT2D eigenvalue weighted by Gasteiger charge is -2.18. The zero-order valence-corrected chi connectivity index (χ0v) is 15.6. The van der Waals surface area contributed by atoms with Crippen LogP contribution in [0.15, 0.2) is 47.5 Å². The van der Waals surface area contributed by atoms with Crippen LogP contribution in [0, 0.1) is 6.92 Å². The van der Waals surface area contributed by atoms with E-state index in [4.69, 9.17) is 9.47 Å². The van der Waals surface area contributed by atoms with Gasteiger partial charge in [-0.25, -0.2) is 4.98 Å². The summed E-state index contributed by atoms with van der Waals surface area (Å²) < 4.78 is 11.9. The number of methoxy groups -OCH3 is 2. The molecular weight excluding hydrogens is 346 g/mol. The fourth-order valence-electron chi connectivity index (χ4n) is 2.87. The number of nitrogens with zero attached hydrogens (tertiary/aromatic N) is 2. The molecule has 2 aromatic heterocycles. The summed E-state index contributed by atoms with van der Waals surface area (Å²) in [7, 11) is 3.12. The van der Waals surface area contributed by atoms with Gasteiger partial charge in [0.15, 0.2) is 0 Å². The molecule has 0 saturated heterocycles. The van der Waals surface area contributed by atoms with Crippen molar-refractivity contribution in [2.24, 2.45) is 0 Å². The van der Waals surface area contributed by atoms with Crippen LogP contribution in [-0.2, 0) is 0 Å². The van der Waals surface area contributed by atoms with Gasteiger partial charge in [-0.2, -0.15) is 0 Å². The Bertz CT molecular complexity index is 1060. The number of hydrogen-bond acceptors (Lipinski definition) is 5. The smallest absolute Gasteiger partial charge is 0.270 e. The maximum absolute atomic E-state index is 12.7. The molecular formula is C20H21N3O4. The average molecular weight is 367 g/mol. The van der Waals surface area contributed by atoms with E-state index in [9.17, 15) is 9.59 Å². The number of nitrogens with one attached hydrogen (secondary N) is 1. The number of benzene rings is 1. The van der Waals surface area contributed by atoms with E-state index in [0.717, 1.165) is 11.1 Å². The molecule has 0 bridgehead atoms. The molecule has 3 rings (SSSR count). The summed E-state index contributed by atoms with van der Waals surface area (Å²) in [5.41, 5.74) is 1.75. The largest absolute Gasteiger partial charge is 0.497 e. The Morgan fingerprint density at radius 1 is 1.19 bits per heavy atom. The van der Waals surface area contributed by atoms with Gasteiger partial charge in [-0.05, 0) is 37.6 Å². The SMILES string of the molecule is COc1ccc(C(C)NC(=O)c2cnc3ccc(C)cn3c2=O)c(OC)c1. The van der Waals surface area contributed by atoms with Crippen molar-refractivity contribution < 1.29 is 14.3 Å². The van der Waals surface area contributed by atoms with Crippen molar-refractivity contribution >= 4 is 11.6 Å². The molecule has 140 valence electrons. The molecule has 1 N–H and O–H groups in total. The summed E-state index contributed by atoms with van der Waals surface area (Å²) in [5, 5.41) is 2.83. The number of rotatable bonds is 5. The number of aromatic nitrogens is 2. The molecule has 7 nitrogen and oxygen atoms in total. The topological polar surface area (TPSA) is 81.9 Å². The number of aryl methyl sites for hydroxylation is 1. The Labute approximate surface area is 156 Å². The first kappa shape index (κ1) is 18.4. The molecule has 1 atom stereocenters. The number of hydrogen-bond donors (Lipinski definition) is 1. The highest BCUT2D eigenvalue weighted by Gasteiger charge is 2.19. The Morgan fingerprint density at radius 3 is 2.67 bits per heavy atom. The Balaban J connectivity index is 1.90. The lowest BCUT2D eigenvalue weighted by atomic mass is 10.1. The predicted octanol–water partition coefficient (Wildman–Crippen LogP) is 2.51. The van der Waals surface area contributed by atoms with Gasteiger partial charge in [-0.3, -0.25) is 14.0 Å². The molecule has 0 fully saturated rings. The van der Waals surface area contributed by atoms with Gasteiger partial charge in [0.05, 0.1) is 20.3 Å². The molecule has 0 aliphatic heterocycles. The molecule has 0 aliphatic carbocycles. The number of ether oxygens (including phenoxy) is 2. The van der Waals surface area contributed by atoms with Crippen molar-refractivity contribution in [1.82, 2.24) is 14.7 Å². The monoisotopic (exact) mass is 367 g/mol. The minimum absolute atomic E-state index is 0.0163. The van der Waals surface area contributed by atoms with Crippen LogP contribution in [0.1, 0.15) is 34.5 Å². The summed E-state index contributed by atoms with van der Waals surface area (Å²) in [6, 6.07) is 8.57. The van der Waals surface area contributed by atoms with Gasteiger partial charge in [-0.1, -0.05) is 6.07 Å². The third-order valence-electron chi connectivity index (χ3n) is 4.35. The second-order valence-electron chi connectivity index (χ2n) is 6.21. The van der Waals surface area contributed by atoms with E-state index >= 15 is 0 Å². The fraction of sp³-hybridized carbons (Fsp3) is 0.250. The second kappa shape index (κ2) is 7.49. The Morgan fingerprint density at radius 2 is 1.96 bits per heavy atom. The summed E-state index contributed by atoms with van der Waals surface area (Å²) in [6.45, 7) is 3.69. The summed E-state index contributed by atoms with van der Waals surface area (Å²) in [5.74, 6) is 0.751. The van der Waals surface area contributed by atoms with Gasteiger partial charge >= 0.3 is 0 Å². The first-order valence-corrected chi connectivity index (χ1v) is 8.45. The van der Waals surface area contributed by atoms with E-state index in [0.29, 0.717) is 17.1 Å². The lowest BCUT2D eigenvalue weighted by molar-refractivity contribution is 0.0937. The van der Waals surface area contributed by atoms with Gasteiger partial charge in [0.2, 0.25) is 0 Å². The average Bonchev–Trinajstić information content (AvgIpc) is 2.67. The van der Waals surface area contributed by atoms with Crippen molar-refractivity contribution in [2.45, 2.75) is 19.9 Å². The van der Waals surface area contributed by atoms with Crippen molar-refractivity contribution in [1.29, 1.82) is 0 Å². The van der Waals surface area contributed by atoms with E-state index < -0.39 is 11.5 Å². The van der Waals surface area contributed by atoms with E-state index in [1.165, 1.54) is 10.6 Å². The van der Waals surface area contributed by atoms with Crippen molar-refractivity contribution in [3.05, 3.63) is 69.8 Å². The van der Waals surface area contributed by atoms with Crippen LogP contribution in [0.4, 0.5) is 0 Å². The number of pyridine rings is 1. The number of amides is 1. The van der Waals surface area contributed by atoms with E-state index in [1.807, 2.05) is 26.0 Å². The summed E-state index contributed by atoms with van der Waals surface area (Å²) in [4.78, 5) is 29.5. The molecule has 0 radical (unpaired) electrons. The first-order valence-electron chi connectivity index (χ1n) is 8.45. The van der Waals surface area contributed by atoms with Crippen molar-refractivity contribution in [3.63, 3.8) is 0 Å². The van der Waals surface area contributed by atoms with Crippen LogP contribution in [-0.4, -0.2) is 29.5 Å². The maximum Gasteiger partial charge on any atom is 0.270 e. The second-order valence-corrected chi connectivity index (χ2v) is 6.21. The molecule has 0 saturated carbocycles. The highest BCUT2D eigenvalue weighted by molar-refractivity contribution is 5.94. The van der Waals surface area contributed by atoms with Gasteiger partial charge in [0.25, 0.3) is 11.5 Å². The normalized spacial score (nSPS) is 11.9. The summed E-state index contributed by atoms with van der Waals surface area (Å²) >= 11 is 0. The Hall–Kier alpha value is -3.35. The van der Waals surface area contributed by atoms with Crippen LogP contribution < -0.4 is 20.3 Å². The van der Waals surface area contributed by atoms with Crippen molar-refractivity contribution in [3.8, 4) is 11.5 Å². The number of carbonyl (C=O) groups is 1. The molecule has 0 aliphatic rings. The molecule has 1 amide bonds. The maximum atomic E-state index is 12.7. The van der Waals surface area contributed by atoms with Gasteiger partial charge < -0.3 is 14.8 Å². The highest BCUT2D eigenvalue weighted by atomic mass is 16.5. The molecule has 3 aromatic rings. The molecule has 0 spiro atoms. The van der Waals surface area contributed by atoms with Crippen LogP contribution in [0.5, 0.6) is 11.5 Å². The third kappa shape index (κ3) is 3.62. The zero-order valence-electron chi connectivity index (χ0n) is 15.6. The number of carbonyl (C=O) groups excluding carboxylic acids is 1. The highest BCUT2D eigenvalue weighted by Crippen LogP contribution is 2.29. The van der Waals surface area contributed by atoms with Crippen molar-refractivity contribution in [2.75, 3.05) is 14.2 Å². The summed E-state index contributed by atoms with van der Waals surface area (Å²) in [6.07, 6.45) is 2.97. The zero-order chi connectivity index (χ0) is 19.6. The lowest BCUT2D eigenvalue weighted by Crippen LogP contribution is -2.33. The third-order valence-corrected chi connectivity index (χ3v) is 4.35. The van der Waals surface area contributed by atoms with E-state index in [2.05, 4.69) is 10.3 Å². The van der Waals surface area contributed by atoms with Gasteiger partial charge in [-0.15, -0.1) is 0 Å². The van der Waals surface area contributed by atoms with Crippen LogP contribution >= 0.6 is 0 Å². The van der Waals surface area contributed by atoms with Crippen LogP contribution in [0.2, 0.25) is 0 Å². The van der Waals surface area contributed by atoms with E-state index in [-0.39, 0.29) is 11.6 Å². The predicted molar refractivity (Wildman–Crippen MR) is 102 cm³/mol. The fourth-order valence-corrected chi connectivity index (χ4v) is 2.87. The molecule has 27 heavy (non-hydrogen) atoms. The number of fused-ring (bicyclic) bond motifs is 1. The molecule has 2 heterocycles. The minimum atomic E-state index is -0.492. The van der Waals surface area contributed by atoms with Crippen LogP contribution in [0.3, 0.4) is 0 Å². The molecule has 1 unspecified atom stereocenters. The first-order chi connectivity index (χ1) is 12.9. The standard InChI is InChI=1S/C20H21N3O4/c1-12-5-8-18-21-10-16(20(25)23(18)11-12)19(24)22-13(2)15-7-6-14(26-3)9-17(15)27-4/h5-11,13H,1-4H3,(H,22,24). The minimum Gasteiger partial charge on any atom is -0.497 e.